The molecule has 0 unspecified atom stereocenters. The van der Waals surface area contributed by atoms with E-state index in [1.54, 1.807) is 6.92 Å². The molecule has 2 aromatic heterocycles. The molecule has 0 saturated carbocycles. The van der Waals surface area contributed by atoms with Crippen LogP contribution in [0.1, 0.15) is 19.0 Å². The Morgan fingerprint density at radius 3 is 2.85 bits per heavy atom. The minimum Gasteiger partial charge on any atom is -0.431 e. The Morgan fingerprint density at radius 2 is 2.20 bits per heavy atom. The van der Waals surface area contributed by atoms with Gasteiger partial charge >= 0.3 is 6.01 Å². The number of aryl methyl sites for hydroxylation is 1. The minimum absolute atomic E-state index is 0.0534. The largest absolute Gasteiger partial charge is 0.431 e. The van der Waals surface area contributed by atoms with Crippen molar-refractivity contribution >= 4 is 21.9 Å². The molecule has 8 heteroatoms. The lowest BCUT2D eigenvalue weighted by molar-refractivity contribution is 0.569. The third kappa shape index (κ3) is 3.47. The highest BCUT2D eigenvalue weighted by atomic mass is 32.2. The zero-order valence-corrected chi connectivity index (χ0v) is 12.1. The van der Waals surface area contributed by atoms with Crippen LogP contribution in [0.15, 0.2) is 33.9 Å². The van der Waals surface area contributed by atoms with Crippen LogP contribution in [0.25, 0.3) is 0 Å². The fraction of sp³-hybridized carbons (Fsp3) is 0.333. The molecule has 2 N–H and O–H groups in total. The number of nitrogens with one attached hydrogen (secondary N) is 2. The van der Waals surface area contributed by atoms with Gasteiger partial charge in [0, 0.05) is 18.8 Å². The number of nitrogens with zero attached hydrogens (tertiary/aromatic N) is 2. The van der Waals surface area contributed by atoms with E-state index in [1.807, 2.05) is 6.92 Å². The first-order chi connectivity index (χ1) is 9.51. The number of hydrogen-bond donors (Lipinski definition) is 2. The normalized spacial score (nSPS) is 11.3. The summed E-state index contributed by atoms with van der Waals surface area (Å²) in [6.45, 7) is 4.45. The molecule has 0 aliphatic rings. The molecule has 7 nitrogen and oxygen atoms in total. The van der Waals surface area contributed by atoms with Gasteiger partial charge in [-0.3, -0.25) is 0 Å². The fourth-order valence-electron chi connectivity index (χ4n) is 1.50. The number of oxazole rings is 1. The van der Waals surface area contributed by atoms with E-state index in [2.05, 4.69) is 20.0 Å². The molecular weight excluding hydrogens is 280 g/mol. The molecule has 20 heavy (non-hydrogen) atoms. The van der Waals surface area contributed by atoms with Gasteiger partial charge in [0.2, 0.25) is 0 Å². The number of anilines is 2. The lowest BCUT2D eigenvalue weighted by Gasteiger charge is -2.07. The Kier molecular flexibility index (Phi) is 4.23. The van der Waals surface area contributed by atoms with Crippen LogP contribution in [0, 0.1) is 6.92 Å². The van der Waals surface area contributed by atoms with Crippen LogP contribution in [0.2, 0.25) is 0 Å². The van der Waals surface area contributed by atoms with Crippen LogP contribution in [0.5, 0.6) is 0 Å². The Morgan fingerprint density at radius 1 is 1.40 bits per heavy atom. The second-order valence-electron chi connectivity index (χ2n) is 4.20. The Bertz CT molecular complexity index is 682. The van der Waals surface area contributed by atoms with Crippen molar-refractivity contribution in [3.8, 4) is 0 Å². The average molecular weight is 296 g/mol. The molecule has 0 saturated heterocycles. The Hall–Kier alpha value is -2.09. The first-order valence-corrected chi connectivity index (χ1v) is 7.64. The maximum absolute atomic E-state index is 12.2. The van der Waals surface area contributed by atoms with Crippen LogP contribution >= 0.6 is 0 Å². The maximum Gasteiger partial charge on any atom is 0.309 e. The molecule has 0 aliphatic heterocycles. The van der Waals surface area contributed by atoms with Crippen molar-refractivity contribution in [3.63, 3.8) is 0 Å². The number of rotatable bonds is 6. The van der Waals surface area contributed by atoms with E-state index in [0.717, 1.165) is 13.0 Å². The average Bonchev–Trinajstić information content (AvgIpc) is 2.81. The zero-order valence-electron chi connectivity index (χ0n) is 11.3. The van der Waals surface area contributed by atoms with Crippen molar-refractivity contribution in [2.24, 2.45) is 0 Å². The second kappa shape index (κ2) is 5.91. The first-order valence-electron chi connectivity index (χ1n) is 6.16. The molecule has 0 amide bonds. The molecule has 2 aromatic rings. The van der Waals surface area contributed by atoms with Crippen molar-refractivity contribution in [3.05, 3.63) is 30.3 Å². The SMILES string of the molecule is CCCNc1cc(S(=O)(=O)Nc2nc(C)co2)ccn1. The third-order valence-electron chi connectivity index (χ3n) is 2.44. The van der Waals surface area contributed by atoms with Gasteiger partial charge in [-0.15, -0.1) is 0 Å². The topological polar surface area (TPSA) is 97.1 Å². The smallest absolute Gasteiger partial charge is 0.309 e. The van der Waals surface area contributed by atoms with E-state index in [9.17, 15) is 8.42 Å². The summed E-state index contributed by atoms with van der Waals surface area (Å²) < 4.78 is 31.6. The van der Waals surface area contributed by atoms with Gasteiger partial charge in [0.15, 0.2) is 0 Å². The summed E-state index contributed by atoms with van der Waals surface area (Å²) >= 11 is 0. The lowest BCUT2D eigenvalue weighted by Crippen LogP contribution is -2.14. The molecule has 0 aromatic carbocycles. The minimum atomic E-state index is -3.73. The highest BCUT2D eigenvalue weighted by molar-refractivity contribution is 7.92. The lowest BCUT2D eigenvalue weighted by atomic mass is 10.4. The summed E-state index contributed by atoms with van der Waals surface area (Å²) in [5, 5.41) is 3.03. The summed E-state index contributed by atoms with van der Waals surface area (Å²) in [4.78, 5) is 8.06. The van der Waals surface area contributed by atoms with Gasteiger partial charge < -0.3 is 9.73 Å². The van der Waals surface area contributed by atoms with Gasteiger partial charge in [-0.2, -0.15) is 4.98 Å². The standard InChI is InChI=1S/C12H16N4O3S/c1-3-5-13-11-7-10(4-6-14-11)20(17,18)16-12-15-9(2)8-19-12/h4,6-8H,3,5H2,1-2H3,(H,13,14)(H,15,16). The summed E-state index contributed by atoms with van der Waals surface area (Å²) in [6, 6.07) is 2.82. The molecule has 0 aliphatic carbocycles. The van der Waals surface area contributed by atoms with Crippen LogP contribution < -0.4 is 10.0 Å². The highest BCUT2D eigenvalue weighted by Gasteiger charge is 2.17. The van der Waals surface area contributed by atoms with E-state index in [-0.39, 0.29) is 10.9 Å². The summed E-state index contributed by atoms with van der Waals surface area (Å²) in [5.41, 5.74) is 0.600. The van der Waals surface area contributed by atoms with Gasteiger partial charge in [-0.1, -0.05) is 6.92 Å². The summed E-state index contributed by atoms with van der Waals surface area (Å²) in [7, 11) is -3.73. The van der Waals surface area contributed by atoms with Gasteiger partial charge in [-0.25, -0.2) is 18.1 Å². The van der Waals surface area contributed by atoms with E-state index >= 15 is 0 Å². The second-order valence-corrected chi connectivity index (χ2v) is 5.89. The van der Waals surface area contributed by atoms with Gasteiger partial charge in [0.25, 0.3) is 10.0 Å². The quantitative estimate of drug-likeness (QED) is 0.846. The fourth-order valence-corrected chi connectivity index (χ4v) is 2.45. The van der Waals surface area contributed by atoms with Crippen molar-refractivity contribution in [1.82, 2.24) is 9.97 Å². The number of aromatic nitrogens is 2. The molecule has 0 fully saturated rings. The Balaban J connectivity index is 2.20. The van der Waals surface area contributed by atoms with E-state index < -0.39 is 10.0 Å². The molecule has 2 heterocycles. The zero-order chi connectivity index (χ0) is 14.6. The van der Waals surface area contributed by atoms with Crippen molar-refractivity contribution in [2.45, 2.75) is 25.2 Å². The molecular formula is C12H16N4O3S. The highest BCUT2D eigenvalue weighted by Crippen LogP contribution is 2.17. The molecule has 0 radical (unpaired) electrons. The summed E-state index contributed by atoms with van der Waals surface area (Å²) in [5.74, 6) is 0.512. The summed E-state index contributed by atoms with van der Waals surface area (Å²) in [6.07, 6.45) is 3.73. The van der Waals surface area contributed by atoms with Gasteiger partial charge in [0.05, 0.1) is 10.6 Å². The first kappa shape index (κ1) is 14.3. The number of sulfonamides is 1. The predicted molar refractivity (Wildman–Crippen MR) is 75.1 cm³/mol. The van der Waals surface area contributed by atoms with E-state index in [4.69, 9.17) is 4.42 Å². The molecule has 0 spiro atoms. The third-order valence-corrected chi connectivity index (χ3v) is 3.76. The maximum atomic E-state index is 12.2. The molecule has 2 rings (SSSR count). The molecule has 0 atom stereocenters. The van der Waals surface area contributed by atoms with Crippen LogP contribution in [0.4, 0.5) is 11.8 Å². The van der Waals surface area contributed by atoms with Crippen molar-refractivity contribution < 1.29 is 12.8 Å². The van der Waals surface area contributed by atoms with E-state index in [0.29, 0.717) is 11.5 Å². The predicted octanol–water partition coefficient (Wildman–Crippen LogP) is 2.00. The monoisotopic (exact) mass is 296 g/mol. The number of hydrogen-bond acceptors (Lipinski definition) is 6. The van der Waals surface area contributed by atoms with Crippen LogP contribution in [0.3, 0.4) is 0 Å². The van der Waals surface area contributed by atoms with Crippen molar-refractivity contribution in [1.29, 1.82) is 0 Å². The number of pyridine rings is 1. The van der Waals surface area contributed by atoms with Crippen LogP contribution in [-0.4, -0.2) is 24.9 Å². The Labute approximate surface area is 117 Å². The van der Waals surface area contributed by atoms with Gasteiger partial charge in [-0.05, 0) is 19.4 Å². The van der Waals surface area contributed by atoms with Crippen molar-refractivity contribution in [2.75, 3.05) is 16.6 Å². The van der Waals surface area contributed by atoms with Gasteiger partial charge in [0.1, 0.15) is 12.1 Å². The molecule has 108 valence electrons. The molecule has 0 bridgehead atoms. The van der Waals surface area contributed by atoms with E-state index in [1.165, 1.54) is 24.6 Å². The van der Waals surface area contributed by atoms with Crippen LogP contribution in [-0.2, 0) is 10.0 Å².